The van der Waals surface area contributed by atoms with Gasteiger partial charge in [0.2, 0.25) is 0 Å². The molecule has 0 bridgehead atoms. The molecule has 2 aromatic rings. The molecule has 0 amide bonds. The third-order valence-electron chi connectivity index (χ3n) is 4.13. The summed E-state index contributed by atoms with van der Waals surface area (Å²) in [5, 5.41) is 0. The van der Waals surface area contributed by atoms with Crippen molar-refractivity contribution in [2.45, 2.75) is 33.6 Å². The number of benzene rings is 2. The first-order valence-corrected chi connectivity index (χ1v) is 7.82. The minimum atomic E-state index is 0.376. The molecule has 0 nitrogen and oxygen atoms in total. The Kier molecular flexibility index (Phi) is 3.33. The fraction of sp³-hybridized carbons (Fsp3) is 0.263. The summed E-state index contributed by atoms with van der Waals surface area (Å²) in [5.41, 5.74) is 9.63. The molecule has 1 aliphatic rings. The van der Waals surface area contributed by atoms with E-state index >= 15 is 0 Å². The first kappa shape index (κ1) is 13.6. The fourth-order valence-electron chi connectivity index (χ4n) is 3.46. The second-order valence-electron chi connectivity index (χ2n) is 5.90. The third-order valence-corrected chi connectivity index (χ3v) is 4.79. The van der Waals surface area contributed by atoms with Gasteiger partial charge in [-0.3, -0.25) is 0 Å². The molecule has 1 atom stereocenters. The van der Waals surface area contributed by atoms with Crippen molar-refractivity contribution in [1.29, 1.82) is 0 Å². The number of allylic oxidation sites excluding steroid dienone is 1. The van der Waals surface area contributed by atoms with Gasteiger partial charge in [-0.25, -0.2) is 0 Å². The van der Waals surface area contributed by atoms with Crippen LogP contribution in [0, 0.1) is 27.7 Å². The minimum absolute atomic E-state index is 0.376. The van der Waals surface area contributed by atoms with E-state index in [1.807, 2.05) is 0 Å². The molecule has 0 saturated carbocycles. The van der Waals surface area contributed by atoms with Crippen LogP contribution in [0.2, 0.25) is 0 Å². The summed E-state index contributed by atoms with van der Waals surface area (Å²) in [5.74, 6) is 0.376. The van der Waals surface area contributed by atoms with E-state index in [4.69, 9.17) is 0 Å². The first-order valence-electron chi connectivity index (χ1n) is 7.03. The quantitative estimate of drug-likeness (QED) is 0.617. The highest BCUT2D eigenvalue weighted by atomic mass is 79.9. The molecule has 0 spiro atoms. The highest BCUT2D eigenvalue weighted by Gasteiger charge is 2.24. The second kappa shape index (κ2) is 4.89. The van der Waals surface area contributed by atoms with Crippen LogP contribution in [0.5, 0.6) is 0 Å². The van der Waals surface area contributed by atoms with Crippen molar-refractivity contribution in [2.24, 2.45) is 0 Å². The van der Waals surface area contributed by atoms with Gasteiger partial charge in [-0.15, -0.1) is 0 Å². The lowest BCUT2D eigenvalue weighted by Crippen LogP contribution is -2.03. The van der Waals surface area contributed by atoms with E-state index in [-0.39, 0.29) is 0 Å². The number of halogens is 1. The molecule has 102 valence electrons. The van der Waals surface area contributed by atoms with Crippen LogP contribution in [0.25, 0.3) is 6.08 Å². The highest BCUT2D eigenvalue weighted by molar-refractivity contribution is 9.10. The molecular weight excluding hydrogens is 308 g/mol. The molecule has 0 radical (unpaired) electrons. The van der Waals surface area contributed by atoms with Gasteiger partial charge in [0.25, 0.3) is 0 Å². The first-order chi connectivity index (χ1) is 9.47. The standard InChI is InChI=1S/C19H19Br/c1-11-7-13(3)18(14(4)8-11)16-6-5-15-9-12(2)10-17(20)19(15)16/h5-10,16H,1-4H3. The number of aryl methyl sites for hydroxylation is 4. The Labute approximate surface area is 129 Å². The van der Waals surface area contributed by atoms with Crippen LogP contribution in [-0.2, 0) is 0 Å². The molecule has 0 saturated heterocycles. The van der Waals surface area contributed by atoms with Crippen molar-refractivity contribution < 1.29 is 0 Å². The zero-order chi connectivity index (χ0) is 14.4. The Morgan fingerprint density at radius 2 is 1.40 bits per heavy atom. The maximum Gasteiger partial charge on any atom is 0.0295 e. The van der Waals surface area contributed by atoms with Gasteiger partial charge < -0.3 is 0 Å². The van der Waals surface area contributed by atoms with Gasteiger partial charge in [0.15, 0.2) is 0 Å². The summed E-state index contributed by atoms with van der Waals surface area (Å²) < 4.78 is 1.22. The SMILES string of the molecule is Cc1cc(C)c(C2C=Cc3cc(C)cc(Br)c32)c(C)c1. The Bertz CT molecular complexity index is 700. The van der Waals surface area contributed by atoms with Gasteiger partial charge >= 0.3 is 0 Å². The average molecular weight is 327 g/mol. The lowest BCUT2D eigenvalue weighted by Gasteiger charge is -2.19. The molecule has 3 rings (SSSR count). The summed E-state index contributed by atoms with van der Waals surface area (Å²) in [6.07, 6.45) is 4.59. The lowest BCUT2D eigenvalue weighted by atomic mass is 9.86. The van der Waals surface area contributed by atoms with Gasteiger partial charge in [-0.1, -0.05) is 51.8 Å². The minimum Gasteiger partial charge on any atom is -0.0720 e. The zero-order valence-corrected chi connectivity index (χ0v) is 14.0. The highest BCUT2D eigenvalue weighted by Crippen LogP contribution is 2.42. The summed E-state index contributed by atoms with van der Waals surface area (Å²) >= 11 is 3.76. The molecule has 0 N–H and O–H groups in total. The number of rotatable bonds is 1. The Morgan fingerprint density at radius 1 is 0.800 bits per heavy atom. The van der Waals surface area contributed by atoms with E-state index in [9.17, 15) is 0 Å². The van der Waals surface area contributed by atoms with Crippen molar-refractivity contribution >= 4 is 22.0 Å². The summed E-state index contributed by atoms with van der Waals surface area (Å²) in [6, 6.07) is 9.07. The number of hydrogen-bond acceptors (Lipinski definition) is 0. The smallest absolute Gasteiger partial charge is 0.0295 e. The van der Waals surface area contributed by atoms with Crippen LogP contribution in [0.1, 0.15) is 44.9 Å². The molecule has 20 heavy (non-hydrogen) atoms. The Balaban J connectivity index is 2.20. The average Bonchev–Trinajstić information content (AvgIpc) is 2.71. The molecule has 2 aromatic carbocycles. The molecular formula is C19H19Br. The topological polar surface area (TPSA) is 0 Å². The summed E-state index contributed by atoms with van der Waals surface area (Å²) in [6.45, 7) is 8.77. The van der Waals surface area contributed by atoms with E-state index < -0.39 is 0 Å². The van der Waals surface area contributed by atoms with E-state index in [0.717, 1.165) is 0 Å². The largest absolute Gasteiger partial charge is 0.0720 e. The Hall–Kier alpha value is -1.34. The van der Waals surface area contributed by atoms with Crippen molar-refractivity contribution in [3.8, 4) is 0 Å². The Morgan fingerprint density at radius 3 is 2.05 bits per heavy atom. The van der Waals surface area contributed by atoms with Crippen LogP contribution in [0.3, 0.4) is 0 Å². The molecule has 1 unspecified atom stereocenters. The van der Waals surface area contributed by atoms with Crippen LogP contribution in [-0.4, -0.2) is 0 Å². The van der Waals surface area contributed by atoms with Gasteiger partial charge in [0.1, 0.15) is 0 Å². The molecule has 0 fully saturated rings. The van der Waals surface area contributed by atoms with Crippen LogP contribution in [0.4, 0.5) is 0 Å². The van der Waals surface area contributed by atoms with Gasteiger partial charge in [-0.05, 0) is 67.1 Å². The van der Waals surface area contributed by atoms with Crippen LogP contribution < -0.4 is 0 Å². The fourth-order valence-corrected chi connectivity index (χ4v) is 4.30. The van der Waals surface area contributed by atoms with Crippen molar-refractivity contribution in [2.75, 3.05) is 0 Å². The summed E-state index contributed by atoms with van der Waals surface area (Å²) in [7, 11) is 0. The van der Waals surface area contributed by atoms with E-state index in [1.54, 1.807) is 0 Å². The molecule has 1 heteroatoms. The van der Waals surface area contributed by atoms with Crippen LogP contribution in [0.15, 0.2) is 34.8 Å². The predicted molar refractivity (Wildman–Crippen MR) is 90.4 cm³/mol. The molecule has 0 aliphatic heterocycles. The monoisotopic (exact) mass is 326 g/mol. The van der Waals surface area contributed by atoms with E-state index in [1.165, 1.54) is 43.4 Å². The third kappa shape index (κ3) is 2.14. The summed E-state index contributed by atoms with van der Waals surface area (Å²) in [4.78, 5) is 0. The molecule has 1 aliphatic carbocycles. The number of fused-ring (bicyclic) bond motifs is 1. The second-order valence-corrected chi connectivity index (χ2v) is 6.75. The van der Waals surface area contributed by atoms with Gasteiger partial charge in [-0.2, -0.15) is 0 Å². The van der Waals surface area contributed by atoms with E-state index in [2.05, 4.69) is 80.0 Å². The number of hydrogen-bond donors (Lipinski definition) is 0. The van der Waals surface area contributed by atoms with Crippen LogP contribution >= 0.6 is 15.9 Å². The predicted octanol–water partition coefficient (Wildman–Crippen LogP) is 5.84. The van der Waals surface area contributed by atoms with Crippen molar-refractivity contribution in [3.05, 3.63) is 73.8 Å². The maximum absolute atomic E-state index is 3.76. The maximum atomic E-state index is 3.76. The van der Waals surface area contributed by atoms with Gasteiger partial charge in [0, 0.05) is 10.4 Å². The van der Waals surface area contributed by atoms with Crippen molar-refractivity contribution in [1.82, 2.24) is 0 Å². The lowest BCUT2D eigenvalue weighted by molar-refractivity contribution is 0.995. The normalized spacial score (nSPS) is 16.6. The molecule has 0 aromatic heterocycles. The van der Waals surface area contributed by atoms with Gasteiger partial charge in [0.05, 0.1) is 0 Å². The zero-order valence-electron chi connectivity index (χ0n) is 12.4. The van der Waals surface area contributed by atoms with Crippen molar-refractivity contribution in [3.63, 3.8) is 0 Å². The molecule has 0 heterocycles. The van der Waals surface area contributed by atoms with E-state index in [0.29, 0.717) is 5.92 Å².